The van der Waals surface area contributed by atoms with E-state index >= 15 is 0 Å². The lowest BCUT2D eigenvalue weighted by atomic mass is 9.82. The third-order valence-electron chi connectivity index (χ3n) is 4.16. The van der Waals surface area contributed by atoms with Crippen molar-refractivity contribution in [3.05, 3.63) is 22.4 Å². The maximum absolute atomic E-state index is 12.0. The van der Waals surface area contributed by atoms with Crippen LogP contribution in [-0.2, 0) is 4.79 Å². The number of hydrogen-bond donors (Lipinski definition) is 3. The first kappa shape index (κ1) is 17.0. The molecule has 1 atom stereocenters. The fourth-order valence-corrected chi connectivity index (χ4v) is 3.65. The highest BCUT2D eigenvalue weighted by Crippen LogP contribution is 2.27. The Morgan fingerprint density at radius 2 is 2.09 bits per heavy atom. The van der Waals surface area contributed by atoms with Gasteiger partial charge in [0.15, 0.2) is 0 Å². The molecule has 1 unspecified atom stereocenters. The van der Waals surface area contributed by atoms with E-state index in [0.29, 0.717) is 17.2 Å². The maximum atomic E-state index is 12.0. The quantitative estimate of drug-likeness (QED) is 0.717. The summed E-state index contributed by atoms with van der Waals surface area (Å²) < 4.78 is 0. The Morgan fingerprint density at radius 3 is 2.73 bits per heavy atom. The summed E-state index contributed by atoms with van der Waals surface area (Å²) in [5.41, 5.74) is 0. The molecule has 0 aliphatic heterocycles. The van der Waals surface area contributed by atoms with Gasteiger partial charge in [-0.15, -0.1) is 11.3 Å². The minimum atomic E-state index is -0.221. The van der Waals surface area contributed by atoms with Gasteiger partial charge >= 0.3 is 0 Å². The van der Waals surface area contributed by atoms with Crippen LogP contribution in [0.4, 0.5) is 0 Å². The Balaban J connectivity index is 1.78. The Kier molecular flexibility index (Phi) is 6.86. The number of carbonyl (C=O) groups is 2. The molecule has 1 heterocycles. The van der Waals surface area contributed by atoms with Crippen molar-refractivity contribution in [1.29, 1.82) is 0 Å². The van der Waals surface area contributed by atoms with Crippen molar-refractivity contribution in [1.82, 2.24) is 10.6 Å². The third-order valence-corrected chi connectivity index (χ3v) is 5.03. The number of rotatable bonds is 7. The van der Waals surface area contributed by atoms with Crippen molar-refractivity contribution in [3.63, 3.8) is 0 Å². The number of amides is 2. The summed E-state index contributed by atoms with van der Waals surface area (Å²) >= 11 is 1.35. The number of nitrogens with one attached hydrogen (secondary N) is 2. The molecule has 1 fully saturated rings. The second-order valence-electron chi connectivity index (χ2n) is 5.74. The Bertz CT molecular complexity index is 470. The monoisotopic (exact) mass is 324 g/mol. The standard InChI is InChI=1S/C16H24N2O3S/c19-9-8-13(12-5-2-1-3-6-12)18-15(20)11-17-16(21)14-7-4-10-22-14/h4,7,10,12-13,19H,1-3,5-6,8-9,11H2,(H,17,21)(H,18,20). The lowest BCUT2D eigenvalue weighted by Gasteiger charge is -2.30. The van der Waals surface area contributed by atoms with Gasteiger partial charge in [0.25, 0.3) is 5.91 Å². The number of thiophene rings is 1. The van der Waals surface area contributed by atoms with Gasteiger partial charge in [0.05, 0.1) is 11.4 Å². The third kappa shape index (κ3) is 5.10. The van der Waals surface area contributed by atoms with Crippen LogP contribution in [0.2, 0.25) is 0 Å². The highest BCUT2D eigenvalue weighted by molar-refractivity contribution is 7.12. The molecule has 122 valence electrons. The van der Waals surface area contributed by atoms with Crippen molar-refractivity contribution >= 4 is 23.2 Å². The van der Waals surface area contributed by atoms with E-state index in [4.69, 9.17) is 0 Å². The van der Waals surface area contributed by atoms with Crippen LogP contribution >= 0.6 is 11.3 Å². The first-order chi connectivity index (χ1) is 10.7. The zero-order chi connectivity index (χ0) is 15.8. The molecule has 22 heavy (non-hydrogen) atoms. The molecule has 0 saturated heterocycles. The average molecular weight is 324 g/mol. The lowest BCUT2D eigenvalue weighted by Crippen LogP contribution is -2.46. The topological polar surface area (TPSA) is 78.4 Å². The van der Waals surface area contributed by atoms with Gasteiger partial charge in [-0.25, -0.2) is 0 Å². The molecule has 1 aromatic rings. The van der Waals surface area contributed by atoms with E-state index < -0.39 is 0 Å². The maximum Gasteiger partial charge on any atom is 0.261 e. The van der Waals surface area contributed by atoms with Gasteiger partial charge in [-0.1, -0.05) is 25.3 Å². The van der Waals surface area contributed by atoms with Gasteiger partial charge in [-0.3, -0.25) is 9.59 Å². The van der Waals surface area contributed by atoms with Crippen molar-refractivity contribution < 1.29 is 14.7 Å². The van der Waals surface area contributed by atoms with Crippen LogP contribution in [0.3, 0.4) is 0 Å². The molecular formula is C16H24N2O3S. The Morgan fingerprint density at radius 1 is 1.32 bits per heavy atom. The number of carbonyl (C=O) groups excluding carboxylic acids is 2. The molecule has 1 aliphatic rings. The molecule has 0 bridgehead atoms. The summed E-state index contributed by atoms with van der Waals surface area (Å²) in [4.78, 5) is 24.4. The fraction of sp³-hybridized carbons (Fsp3) is 0.625. The molecule has 5 nitrogen and oxygen atoms in total. The van der Waals surface area contributed by atoms with Gasteiger partial charge in [0, 0.05) is 12.6 Å². The van der Waals surface area contributed by atoms with E-state index in [9.17, 15) is 14.7 Å². The largest absolute Gasteiger partial charge is 0.396 e. The molecule has 3 N–H and O–H groups in total. The van der Waals surface area contributed by atoms with Gasteiger partial charge < -0.3 is 15.7 Å². The molecular weight excluding hydrogens is 300 g/mol. The first-order valence-electron chi connectivity index (χ1n) is 7.92. The van der Waals surface area contributed by atoms with Crippen molar-refractivity contribution in [3.8, 4) is 0 Å². The van der Waals surface area contributed by atoms with Crippen LogP contribution in [0, 0.1) is 5.92 Å². The SMILES string of the molecule is O=C(CNC(=O)c1cccs1)NC(CCO)C1CCCCC1. The second-order valence-corrected chi connectivity index (χ2v) is 6.69. The molecule has 2 rings (SSSR count). The summed E-state index contributed by atoms with van der Waals surface area (Å²) in [5.74, 6) is 0.0355. The van der Waals surface area contributed by atoms with Crippen LogP contribution < -0.4 is 10.6 Å². The zero-order valence-corrected chi connectivity index (χ0v) is 13.5. The molecule has 1 aromatic heterocycles. The van der Waals surface area contributed by atoms with Crippen molar-refractivity contribution in [2.24, 2.45) is 5.92 Å². The minimum Gasteiger partial charge on any atom is -0.396 e. The van der Waals surface area contributed by atoms with Crippen LogP contribution in [0.1, 0.15) is 48.2 Å². The molecule has 1 saturated carbocycles. The van der Waals surface area contributed by atoms with Crippen LogP contribution in [-0.4, -0.2) is 36.1 Å². The number of hydrogen-bond acceptors (Lipinski definition) is 4. The summed E-state index contributed by atoms with van der Waals surface area (Å²) in [6.07, 6.45) is 6.43. The van der Waals surface area contributed by atoms with Gasteiger partial charge in [-0.2, -0.15) is 0 Å². The van der Waals surface area contributed by atoms with E-state index in [2.05, 4.69) is 10.6 Å². The van der Waals surface area contributed by atoms with Gasteiger partial charge in [0.1, 0.15) is 0 Å². The molecule has 0 radical (unpaired) electrons. The molecule has 0 aromatic carbocycles. The lowest BCUT2D eigenvalue weighted by molar-refractivity contribution is -0.121. The Hall–Kier alpha value is -1.40. The summed E-state index contributed by atoms with van der Waals surface area (Å²) in [6, 6.07) is 3.55. The van der Waals surface area contributed by atoms with Gasteiger partial charge in [0.2, 0.25) is 5.91 Å². The predicted octanol–water partition coefficient (Wildman–Crippen LogP) is 1.93. The normalized spacial score (nSPS) is 17.0. The smallest absolute Gasteiger partial charge is 0.261 e. The van der Waals surface area contributed by atoms with Crippen molar-refractivity contribution in [2.45, 2.75) is 44.6 Å². The van der Waals surface area contributed by atoms with Gasteiger partial charge in [-0.05, 0) is 36.6 Å². The minimum absolute atomic E-state index is 0.0106. The van der Waals surface area contributed by atoms with E-state index in [1.54, 1.807) is 12.1 Å². The van der Waals surface area contributed by atoms with Crippen LogP contribution in [0.25, 0.3) is 0 Å². The molecule has 0 spiro atoms. The van der Waals surface area contributed by atoms with E-state index in [0.717, 1.165) is 12.8 Å². The molecule has 6 heteroatoms. The Labute approximate surface area is 135 Å². The summed E-state index contributed by atoms with van der Waals surface area (Å²) in [5, 5.41) is 16.6. The number of aliphatic hydroxyl groups excluding tert-OH is 1. The molecule has 2 amide bonds. The average Bonchev–Trinajstić information content (AvgIpc) is 3.07. The first-order valence-corrected chi connectivity index (χ1v) is 8.80. The van der Waals surface area contributed by atoms with Crippen molar-refractivity contribution in [2.75, 3.05) is 13.2 Å². The summed E-state index contributed by atoms with van der Waals surface area (Å²) in [7, 11) is 0. The molecule has 1 aliphatic carbocycles. The zero-order valence-electron chi connectivity index (χ0n) is 12.7. The number of aliphatic hydroxyl groups is 1. The fourth-order valence-electron chi connectivity index (χ4n) is 3.01. The highest BCUT2D eigenvalue weighted by atomic mass is 32.1. The highest BCUT2D eigenvalue weighted by Gasteiger charge is 2.24. The van der Waals surface area contributed by atoms with E-state index in [1.807, 2.05) is 5.38 Å². The predicted molar refractivity (Wildman–Crippen MR) is 86.9 cm³/mol. The van der Waals surface area contributed by atoms with Crippen LogP contribution in [0.15, 0.2) is 17.5 Å². The summed E-state index contributed by atoms with van der Waals surface area (Å²) in [6.45, 7) is 0.0500. The van der Waals surface area contributed by atoms with Crippen LogP contribution in [0.5, 0.6) is 0 Å². The van der Waals surface area contributed by atoms with E-state index in [-0.39, 0.29) is 31.0 Å². The second kappa shape index (κ2) is 8.90. The van der Waals surface area contributed by atoms with E-state index in [1.165, 1.54) is 30.6 Å².